The molecule has 1 unspecified atom stereocenters. The molecule has 0 amide bonds. The molecule has 1 saturated heterocycles. The van der Waals surface area contributed by atoms with E-state index in [2.05, 4.69) is 20.3 Å². The molecule has 2 aromatic heterocycles. The Morgan fingerprint density at radius 3 is 2.66 bits per heavy atom. The highest BCUT2D eigenvalue weighted by molar-refractivity contribution is 7.51. The first-order chi connectivity index (χ1) is 13.7. The molecule has 0 bridgehead atoms. The topological polar surface area (TPSA) is 163 Å². The lowest BCUT2D eigenvalue weighted by Gasteiger charge is -2.17. The minimum Gasteiger partial charge on any atom is -0.388 e. The molecule has 0 radical (unpaired) electrons. The van der Waals surface area contributed by atoms with Gasteiger partial charge in [-0.25, -0.2) is 4.98 Å². The van der Waals surface area contributed by atoms with Crippen LogP contribution in [0.15, 0.2) is 6.33 Å². The Morgan fingerprint density at radius 2 is 1.97 bits per heavy atom. The number of imidazole rings is 1. The number of fused-ring (bicyclic) bond motifs is 1. The highest BCUT2D eigenvalue weighted by Crippen LogP contribution is 2.39. The number of rotatable bonds is 6. The number of aromatic nitrogens is 4. The summed E-state index contributed by atoms with van der Waals surface area (Å²) in [6, 6.07) is 0.279. The predicted octanol–water partition coefficient (Wildman–Crippen LogP) is 1.02. The number of nitrogens with one attached hydrogen (secondary N) is 1. The van der Waals surface area contributed by atoms with Gasteiger partial charge in [0.05, 0.1) is 18.6 Å². The quantitative estimate of drug-likeness (QED) is 0.319. The molecule has 2 aliphatic rings. The third-order valence-corrected chi connectivity index (χ3v) is 6.42. The van der Waals surface area contributed by atoms with Gasteiger partial charge >= 0.3 is 7.60 Å². The molecule has 4 atom stereocenters. The van der Waals surface area contributed by atoms with Crippen molar-refractivity contribution in [1.29, 1.82) is 0 Å². The summed E-state index contributed by atoms with van der Waals surface area (Å²) in [6.45, 7) is 0. The summed E-state index contributed by atoms with van der Waals surface area (Å²) >= 11 is 6.10. The molecule has 160 valence electrons. The fourth-order valence-electron chi connectivity index (χ4n) is 3.93. The predicted molar refractivity (Wildman–Crippen MR) is 104 cm³/mol. The summed E-state index contributed by atoms with van der Waals surface area (Å²) in [5.41, 5.74) is 0.794. The van der Waals surface area contributed by atoms with Crippen LogP contribution in [0.1, 0.15) is 38.3 Å². The molecule has 1 aliphatic carbocycles. The number of hydrogen-bond donors (Lipinski definition) is 5. The molecule has 2 aromatic rings. The molecule has 0 spiro atoms. The van der Waals surface area contributed by atoms with Gasteiger partial charge in [0, 0.05) is 6.04 Å². The fraction of sp³-hybridized carbons (Fsp3) is 0.688. The van der Waals surface area contributed by atoms with E-state index < -0.39 is 38.3 Å². The Morgan fingerprint density at radius 1 is 1.24 bits per heavy atom. The van der Waals surface area contributed by atoms with Gasteiger partial charge < -0.3 is 30.1 Å². The lowest BCUT2D eigenvalue weighted by molar-refractivity contribution is -0.0355. The molecule has 0 aromatic carbocycles. The van der Waals surface area contributed by atoms with Crippen LogP contribution in [0.5, 0.6) is 0 Å². The molecule has 5 N–H and O–H groups in total. The third-order valence-electron chi connectivity index (χ3n) is 5.41. The SMILES string of the molecule is O=P(O)(O)CC[C@H]1O[C@@H](n2cnc3c(NC4CCCC4)nc(Cl)nc32)[C@@H](O)C1O. The average molecular weight is 448 g/mol. The third kappa shape index (κ3) is 4.41. The van der Waals surface area contributed by atoms with E-state index in [1.165, 1.54) is 10.9 Å². The number of halogens is 1. The van der Waals surface area contributed by atoms with Crippen molar-refractivity contribution in [3.63, 3.8) is 0 Å². The minimum absolute atomic E-state index is 0.00540. The first-order valence-corrected chi connectivity index (χ1v) is 11.6. The molecule has 2 fully saturated rings. The standard InChI is InChI=1S/C16H23ClN5O6P/c17-16-20-13(19-8-3-1-2-4-8)10-14(21-16)22(7-18-10)15-12(24)11(23)9(28-15)5-6-29(25,26)27/h7-9,11-12,15,23-24H,1-6H2,(H,19,20,21)(H2,25,26,27)/t9-,11?,12+,15-/m1/s1. The highest BCUT2D eigenvalue weighted by Gasteiger charge is 2.44. The summed E-state index contributed by atoms with van der Waals surface area (Å²) in [7, 11) is -4.25. The number of aliphatic hydroxyl groups is 2. The Kier molecular flexibility index (Phi) is 5.82. The van der Waals surface area contributed by atoms with E-state index in [1.807, 2.05) is 0 Å². The Hall–Kier alpha value is -1.33. The average Bonchev–Trinajstić information content (AvgIpc) is 3.35. The molecular formula is C16H23ClN5O6P. The van der Waals surface area contributed by atoms with Crippen molar-refractivity contribution >= 4 is 36.2 Å². The van der Waals surface area contributed by atoms with E-state index >= 15 is 0 Å². The molecular weight excluding hydrogens is 425 g/mol. The van der Waals surface area contributed by atoms with Crippen LogP contribution in [0.3, 0.4) is 0 Å². The van der Waals surface area contributed by atoms with Crippen molar-refractivity contribution in [2.45, 2.75) is 62.7 Å². The Balaban J connectivity index is 1.60. The van der Waals surface area contributed by atoms with E-state index in [1.54, 1.807) is 0 Å². The van der Waals surface area contributed by atoms with Crippen LogP contribution in [0.25, 0.3) is 11.2 Å². The lowest BCUT2D eigenvalue weighted by Crippen LogP contribution is -2.31. The second-order valence-electron chi connectivity index (χ2n) is 7.51. The van der Waals surface area contributed by atoms with Gasteiger partial charge in [0.2, 0.25) is 5.28 Å². The Labute approximate surface area is 171 Å². The summed E-state index contributed by atoms with van der Waals surface area (Å²) in [4.78, 5) is 30.9. The molecule has 11 nitrogen and oxygen atoms in total. The van der Waals surface area contributed by atoms with E-state index in [-0.39, 0.29) is 17.7 Å². The van der Waals surface area contributed by atoms with Crippen LogP contribution in [0.2, 0.25) is 5.28 Å². The normalized spacial score (nSPS) is 28.4. The van der Waals surface area contributed by atoms with Crippen LogP contribution in [-0.2, 0) is 9.30 Å². The first kappa shape index (κ1) is 20.9. The van der Waals surface area contributed by atoms with Crippen molar-refractivity contribution in [3.05, 3.63) is 11.6 Å². The number of anilines is 1. The first-order valence-electron chi connectivity index (χ1n) is 9.46. The summed E-state index contributed by atoms with van der Waals surface area (Å²) in [6.07, 6.45) is 0.610. The maximum atomic E-state index is 11.1. The van der Waals surface area contributed by atoms with Gasteiger partial charge in [0.1, 0.15) is 12.2 Å². The zero-order chi connectivity index (χ0) is 20.8. The highest BCUT2D eigenvalue weighted by atomic mass is 35.5. The zero-order valence-corrected chi connectivity index (χ0v) is 17.1. The van der Waals surface area contributed by atoms with Gasteiger partial charge in [0.25, 0.3) is 0 Å². The smallest absolute Gasteiger partial charge is 0.325 e. The lowest BCUT2D eigenvalue weighted by atomic mass is 10.1. The van der Waals surface area contributed by atoms with Crippen LogP contribution >= 0.6 is 19.2 Å². The molecule has 13 heteroatoms. The van der Waals surface area contributed by atoms with Gasteiger partial charge in [0.15, 0.2) is 23.2 Å². The largest absolute Gasteiger partial charge is 0.388 e. The fourth-order valence-corrected chi connectivity index (χ4v) is 4.69. The second-order valence-corrected chi connectivity index (χ2v) is 9.63. The van der Waals surface area contributed by atoms with Gasteiger partial charge in [-0.05, 0) is 30.9 Å². The van der Waals surface area contributed by atoms with Crippen LogP contribution < -0.4 is 5.32 Å². The van der Waals surface area contributed by atoms with E-state index in [0.29, 0.717) is 17.0 Å². The summed E-state index contributed by atoms with van der Waals surface area (Å²) < 4.78 is 18.3. The van der Waals surface area contributed by atoms with Crippen molar-refractivity contribution in [1.82, 2.24) is 19.5 Å². The molecule has 4 rings (SSSR count). The number of aliphatic hydroxyl groups excluding tert-OH is 2. The van der Waals surface area contributed by atoms with Gasteiger partial charge in [-0.1, -0.05) is 12.8 Å². The molecule has 1 saturated carbocycles. The number of nitrogens with zero attached hydrogens (tertiary/aromatic N) is 4. The van der Waals surface area contributed by atoms with E-state index in [9.17, 15) is 14.8 Å². The van der Waals surface area contributed by atoms with E-state index in [0.717, 1.165) is 25.7 Å². The van der Waals surface area contributed by atoms with Gasteiger partial charge in [-0.2, -0.15) is 9.97 Å². The molecule has 3 heterocycles. The van der Waals surface area contributed by atoms with Crippen LogP contribution in [-0.4, -0.2) is 70.0 Å². The number of ether oxygens (including phenoxy) is 1. The second kappa shape index (κ2) is 8.07. The van der Waals surface area contributed by atoms with Gasteiger partial charge in [-0.3, -0.25) is 9.13 Å². The van der Waals surface area contributed by atoms with E-state index in [4.69, 9.17) is 26.1 Å². The summed E-state index contributed by atoms with van der Waals surface area (Å²) in [5.74, 6) is 0.497. The zero-order valence-electron chi connectivity index (χ0n) is 15.4. The summed E-state index contributed by atoms with van der Waals surface area (Å²) in [5, 5.41) is 24.1. The molecule has 1 aliphatic heterocycles. The van der Waals surface area contributed by atoms with Crippen molar-refractivity contribution in [2.24, 2.45) is 0 Å². The maximum absolute atomic E-state index is 11.1. The van der Waals surface area contributed by atoms with Crippen LogP contribution in [0.4, 0.5) is 5.82 Å². The monoisotopic (exact) mass is 447 g/mol. The Bertz CT molecular complexity index is 932. The van der Waals surface area contributed by atoms with Crippen molar-refractivity contribution < 1.29 is 29.3 Å². The minimum atomic E-state index is -4.25. The van der Waals surface area contributed by atoms with Crippen molar-refractivity contribution in [2.75, 3.05) is 11.5 Å². The van der Waals surface area contributed by atoms with Crippen LogP contribution in [0, 0.1) is 0 Å². The van der Waals surface area contributed by atoms with Gasteiger partial charge in [-0.15, -0.1) is 0 Å². The maximum Gasteiger partial charge on any atom is 0.325 e. The van der Waals surface area contributed by atoms with Crippen molar-refractivity contribution in [3.8, 4) is 0 Å². The molecule has 29 heavy (non-hydrogen) atoms. The number of hydrogen-bond acceptors (Lipinski definition) is 8.